The molecule has 26 heavy (non-hydrogen) atoms. The lowest BCUT2D eigenvalue weighted by Gasteiger charge is -2.11. The number of aromatic nitrogens is 1. The average Bonchev–Trinajstić information content (AvgIpc) is 2.59. The molecule has 1 aromatic heterocycles. The summed E-state index contributed by atoms with van der Waals surface area (Å²) in [6, 6.07) is 14.0. The Morgan fingerprint density at radius 2 is 1.38 bits per heavy atom. The standard InChI is InChI=1S/C20H15BrF3NO/c1-12-18(11-19(21)13(2)25-12)14-3-7-16(8-4-14)26-17-9-5-15(6-10-17)20(22,23)24/h3-11H,1-2H3. The summed E-state index contributed by atoms with van der Waals surface area (Å²) in [4.78, 5) is 4.50. The number of hydrogen-bond acceptors (Lipinski definition) is 2. The van der Waals surface area contributed by atoms with Gasteiger partial charge in [-0.05, 0) is 77.8 Å². The van der Waals surface area contributed by atoms with E-state index in [4.69, 9.17) is 4.74 Å². The molecule has 0 bridgehead atoms. The molecule has 0 saturated carbocycles. The Morgan fingerprint density at radius 3 is 1.92 bits per heavy atom. The Hall–Kier alpha value is -2.34. The van der Waals surface area contributed by atoms with Crippen LogP contribution in [0.5, 0.6) is 11.5 Å². The third-order valence-electron chi connectivity index (χ3n) is 3.92. The fourth-order valence-electron chi connectivity index (χ4n) is 2.54. The van der Waals surface area contributed by atoms with Gasteiger partial charge in [0, 0.05) is 15.7 Å². The van der Waals surface area contributed by atoms with Gasteiger partial charge in [-0.2, -0.15) is 13.2 Å². The molecule has 0 aliphatic heterocycles. The van der Waals surface area contributed by atoms with Crippen molar-refractivity contribution < 1.29 is 17.9 Å². The van der Waals surface area contributed by atoms with Gasteiger partial charge in [0.15, 0.2) is 0 Å². The van der Waals surface area contributed by atoms with Crippen molar-refractivity contribution in [2.24, 2.45) is 0 Å². The molecule has 0 spiro atoms. The highest BCUT2D eigenvalue weighted by molar-refractivity contribution is 9.10. The highest BCUT2D eigenvalue weighted by Crippen LogP contribution is 2.32. The summed E-state index contributed by atoms with van der Waals surface area (Å²) in [5, 5.41) is 0. The molecule has 2 aromatic carbocycles. The molecule has 0 radical (unpaired) electrons. The van der Waals surface area contributed by atoms with Crippen molar-refractivity contribution in [3.8, 4) is 22.6 Å². The molecule has 2 nitrogen and oxygen atoms in total. The summed E-state index contributed by atoms with van der Waals surface area (Å²) in [5.41, 5.74) is 3.13. The van der Waals surface area contributed by atoms with Gasteiger partial charge < -0.3 is 4.74 Å². The Kier molecular flexibility index (Phi) is 5.05. The van der Waals surface area contributed by atoms with Crippen LogP contribution in [0.1, 0.15) is 17.0 Å². The largest absolute Gasteiger partial charge is 0.457 e. The molecule has 0 atom stereocenters. The monoisotopic (exact) mass is 421 g/mol. The minimum Gasteiger partial charge on any atom is -0.457 e. The van der Waals surface area contributed by atoms with Gasteiger partial charge in [0.05, 0.1) is 11.3 Å². The Labute approximate surface area is 157 Å². The van der Waals surface area contributed by atoms with Crippen LogP contribution in [-0.4, -0.2) is 4.98 Å². The summed E-state index contributed by atoms with van der Waals surface area (Å²) in [6.45, 7) is 3.88. The molecule has 0 unspecified atom stereocenters. The van der Waals surface area contributed by atoms with E-state index in [1.807, 2.05) is 32.0 Å². The lowest BCUT2D eigenvalue weighted by molar-refractivity contribution is -0.137. The zero-order valence-corrected chi connectivity index (χ0v) is 15.6. The first-order chi connectivity index (χ1) is 12.2. The number of aryl methyl sites for hydroxylation is 2. The molecule has 3 aromatic rings. The van der Waals surface area contributed by atoms with Crippen molar-refractivity contribution in [3.05, 3.63) is 76.0 Å². The van der Waals surface area contributed by atoms with Crippen LogP contribution >= 0.6 is 15.9 Å². The van der Waals surface area contributed by atoms with Crippen LogP contribution in [0.25, 0.3) is 11.1 Å². The van der Waals surface area contributed by atoms with E-state index in [0.717, 1.165) is 39.1 Å². The van der Waals surface area contributed by atoms with E-state index in [0.29, 0.717) is 11.5 Å². The number of rotatable bonds is 3. The fourth-order valence-corrected chi connectivity index (χ4v) is 2.86. The first-order valence-corrected chi connectivity index (χ1v) is 8.62. The number of benzene rings is 2. The van der Waals surface area contributed by atoms with E-state index in [9.17, 15) is 13.2 Å². The van der Waals surface area contributed by atoms with Gasteiger partial charge in [0.25, 0.3) is 0 Å². The molecule has 0 amide bonds. The molecule has 3 rings (SSSR count). The van der Waals surface area contributed by atoms with Gasteiger partial charge in [-0.1, -0.05) is 12.1 Å². The summed E-state index contributed by atoms with van der Waals surface area (Å²) >= 11 is 3.49. The maximum Gasteiger partial charge on any atom is 0.416 e. The van der Waals surface area contributed by atoms with Crippen LogP contribution in [0.4, 0.5) is 13.2 Å². The van der Waals surface area contributed by atoms with E-state index in [2.05, 4.69) is 20.9 Å². The molecule has 6 heteroatoms. The smallest absolute Gasteiger partial charge is 0.416 e. The van der Waals surface area contributed by atoms with Gasteiger partial charge in [-0.25, -0.2) is 0 Å². The molecular formula is C20H15BrF3NO. The third kappa shape index (κ3) is 4.07. The Morgan fingerprint density at radius 1 is 0.846 bits per heavy atom. The maximum absolute atomic E-state index is 12.6. The quantitative estimate of drug-likeness (QED) is 0.456. The zero-order chi connectivity index (χ0) is 18.9. The first kappa shape index (κ1) is 18.5. The van der Waals surface area contributed by atoms with E-state index < -0.39 is 11.7 Å². The molecule has 0 aliphatic rings. The highest BCUT2D eigenvalue weighted by Gasteiger charge is 2.30. The van der Waals surface area contributed by atoms with Crippen LogP contribution in [0, 0.1) is 13.8 Å². The number of pyridine rings is 1. The van der Waals surface area contributed by atoms with E-state index in [-0.39, 0.29) is 0 Å². The van der Waals surface area contributed by atoms with E-state index in [1.54, 1.807) is 12.1 Å². The van der Waals surface area contributed by atoms with Gasteiger partial charge in [-0.15, -0.1) is 0 Å². The second kappa shape index (κ2) is 7.11. The minimum atomic E-state index is -4.35. The minimum absolute atomic E-state index is 0.349. The second-order valence-electron chi connectivity index (χ2n) is 5.84. The molecule has 134 valence electrons. The Balaban J connectivity index is 1.79. The molecule has 1 heterocycles. The van der Waals surface area contributed by atoms with Crippen molar-refractivity contribution in [1.29, 1.82) is 0 Å². The summed E-state index contributed by atoms with van der Waals surface area (Å²) < 4.78 is 44.3. The number of hydrogen-bond donors (Lipinski definition) is 0. The average molecular weight is 422 g/mol. The SMILES string of the molecule is Cc1nc(C)c(-c2ccc(Oc3ccc(C(F)(F)F)cc3)cc2)cc1Br. The van der Waals surface area contributed by atoms with Crippen LogP contribution < -0.4 is 4.74 Å². The number of halogens is 4. The normalized spacial score (nSPS) is 11.5. The number of nitrogens with zero attached hydrogens (tertiary/aromatic N) is 1. The molecule has 0 fully saturated rings. The fraction of sp³-hybridized carbons (Fsp3) is 0.150. The first-order valence-electron chi connectivity index (χ1n) is 7.83. The molecule has 0 saturated heterocycles. The second-order valence-corrected chi connectivity index (χ2v) is 6.69. The molecule has 0 aliphatic carbocycles. The maximum atomic E-state index is 12.6. The summed E-state index contributed by atoms with van der Waals surface area (Å²) in [7, 11) is 0. The van der Waals surface area contributed by atoms with Gasteiger partial charge in [0.2, 0.25) is 0 Å². The number of alkyl halides is 3. The third-order valence-corrected chi connectivity index (χ3v) is 4.73. The van der Waals surface area contributed by atoms with Crippen LogP contribution in [0.15, 0.2) is 59.1 Å². The van der Waals surface area contributed by atoms with Crippen molar-refractivity contribution in [1.82, 2.24) is 4.98 Å². The van der Waals surface area contributed by atoms with Crippen LogP contribution in [-0.2, 0) is 6.18 Å². The Bertz CT molecular complexity index is 920. The zero-order valence-electron chi connectivity index (χ0n) is 14.1. The topological polar surface area (TPSA) is 22.1 Å². The van der Waals surface area contributed by atoms with Gasteiger partial charge in [-0.3, -0.25) is 4.98 Å². The van der Waals surface area contributed by atoms with E-state index >= 15 is 0 Å². The predicted octanol–water partition coefficient (Wildman–Crippen LogP) is 6.94. The van der Waals surface area contributed by atoms with Crippen molar-refractivity contribution in [2.75, 3.05) is 0 Å². The summed E-state index contributed by atoms with van der Waals surface area (Å²) in [6.07, 6.45) is -4.35. The number of ether oxygens (including phenoxy) is 1. The van der Waals surface area contributed by atoms with Crippen LogP contribution in [0.3, 0.4) is 0 Å². The van der Waals surface area contributed by atoms with Gasteiger partial charge >= 0.3 is 6.18 Å². The summed E-state index contributed by atoms with van der Waals surface area (Å²) in [5.74, 6) is 0.895. The lowest BCUT2D eigenvalue weighted by Crippen LogP contribution is -2.03. The highest BCUT2D eigenvalue weighted by atomic mass is 79.9. The lowest BCUT2D eigenvalue weighted by atomic mass is 10.0. The molecular weight excluding hydrogens is 407 g/mol. The van der Waals surface area contributed by atoms with Crippen LogP contribution in [0.2, 0.25) is 0 Å². The van der Waals surface area contributed by atoms with Crippen molar-refractivity contribution in [2.45, 2.75) is 20.0 Å². The van der Waals surface area contributed by atoms with Crippen molar-refractivity contribution >= 4 is 15.9 Å². The predicted molar refractivity (Wildman–Crippen MR) is 98.4 cm³/mol. The molecule has 0 N–H and O–H groups in total. The van der Waals surface area contributed by atoms with E-state index in [1.165, 1.54) is 12.1 Å². The van der Waals surface area contributed by atoms with Crippen molar-refractivity contribution in [3.63, 3.8) is 0 Å². The van der Waals surface area contributed by atoms with Gasteiger partial charge in [0.1, 0.15) is 11.5 Å².